The summed E-state index contributed by atoms with van der Waals surface area (Å²) in [6.45, 7) is 4.15. The van der Waals surface area contributed by atoms with E-state index in [0.29, 0.717) is 6.42 Å². The zero-order valence-corrected chi connectivity index (χ0v) is 13.1. The Morgan fingerprint density at radius 2 is 1.86 bits per heavy atom. The number of hydrogen-bond acceptors (Lipinski definition) is 2. The Morgan fingerprint density at radius 1 is 1.14 bits per heavy atom. The molecule has 0 saturated carbocycles. The van der Waals surface area contributed by atoms with Gasteiger partial charge in [-0.05, 0) is 24.5 Å². The van der Waals surface area contributed by atoms with Crippen LogP contribution in [0.2, 0.25) is 0 Å². The van der Waals surface area contributed by atoms with E-state index < -0.39 is 0 Å². The van der Waals surface area contributed by atoms with Crippen molar-refractivity contribution in [3.63, 3.8) is 0 Å². The molecule has 0 saturated heterocycles. The van der Waals surface area contributed by atoms with Crippen LogP contribution in [-0.4, -0.2) is 12.1 Å². The number of benzene rings is 1. The zero-order valence-electron chi connectivity index (χ0n) is 13.1. The topological polar surface area (TPSA) is 41.5 Å². The molecule has 0 aliphatic heterocycles. The fourth-order valence-electron chi connectivity index (χ4n) is 2.00. The lowest BCUT2D eigenvalue weighted by Gasteiger charge is -2.00. The van der Waals surface area contributed by atoms with Crippen LogP contribution in [0.1, 0.15) is 57.9 Å². The molecule has 0 heterocycles. The van der Waals surface area contributed by atoms with E-state index in [4.69, 9.17) is 0 Å². The van der Waals surface area contributed by atoms with Crippen molar-refractivity contribution in [2.75, 3.05) is 0 Å². The van der Waals surface area contributed by atoms with Gasteiger partial charge in [0.25, 0.3) is 0 Å². The summed E-state index contributed by atoms with van der Waals surface area (Å²) in [5, 5.41) is 3.99. The van der Waals surface area contributed by atoms with E-state index in [1.54, 1.807) is 6.21 Å². The summed E-state index contributed by atoms with van der Waals surface area (Å²) in [5.74, 6) is -0.00439. The van der Waals surface area contributed by atoms with Crippen LogP contribution in [0.15, 0.2) is 41.0 Å². The Bertz CT molecular complexity index is 463. The predicted molar refractivity (Wildman–Crippen MR) is 90.1 cm³/mol. The molecule has 0 bridgehead atoms. The third kappa shape index (κ3) is 8.79. The molecule has 1 amide bonds. The Kier molecular flexibility index (Phi) is 8.85. The number of rotatable bonds is 9. The van der Waals surface area contributed by atoms with Gasteiger partial charge in [0.1, 0.15) is 0 Å². The summed E-state index contributed by atoms with van der Waals surface area (Å²) >= 11 is 0. The molecular formula is C18H26N2O. The molecule has 1 rings (SSSR count). The molecule has 0 radical (unpaired) electrons. The zero-order chi connectivity index (χ0) is 15.3. The smallest absolute Gasteiger partial charge is 0.240 e. The van der Waals surface area contributed by atoms with E-state index in [0.717, 1.165) is 24.0 Å². The SMILES string of the molecule is CCCCCCCC(=O)N/N=C/C(C)=C/c1ccccc1. The number of allylic oxidation sites excluding steroid dienone is 1. The van der Waals surface area contributed by atoms with Crippen molar-refractivity contribution < 1.29 is 4.79 Å². The van der Waals surface area contributed by atoms with Gasteiger partial charge in [0.15, 0.2) is 0 Å². The molecule has 3 heteroatoms. The number of carbonyl (C=O) groups is 1. The standard InChI is InChI=1S/C18H26N2O/c1-3-4-5-6-10-13-18(21)20-19-15-16(2)14-17-11-8-7-9-12-17/h7-9,11-12,14-15H,3-6,10,13H2,1-2H3,(H,20,21)/b16-14+,19-15+. The average Bonchev–Trinajstić information content (AvgIpc) is 2.48. The molecule has 0 fully saturated rings. The summed E-state index contributed by atoms with van der Waals surface area (Å²) in [5.41, 5.74) is 4.71. The molecule has 1 aromatic carbocycles. The van der Waals surface area contributed by atoms with Crippen molar-refractivity contribution >= 4 is 18.2 Å². The van der Waals surface area contributed by atoms with E-state index in [9.17, 15) is 4.79 Å². The van der Waals surface area contributed by atoms with Gasteiger partial charge in [-0.25, -0.2) is 5.43 Å². The third-order valence-corrected chi connectivity index (χ3v) is 3.16. The quantitative estimate of drug-likeness (QED) is 0.404. The van der Waals surface area contributed by atoms with Crippen LogP contribution >= 0.6 is 0 Å². The van der Waals surface area contributed by atoms with Crippen LogP contribution in [0, 0.1) is 0 Å². The van der Waals surface area contributed by atoms with Crippen LogP contribution in [-0.2, 0) is 4.79 Å². The Hall–Kier alpha value is -1.90. The fourth-order valence-corrected chi connectivity index (χ4v) is 2.00. The van der Waals surface area contributed by atoms with Gasteiger partial charge in [0.05, 0.1) is 6.21 Å². The number of amides is 1. The predicted octanol–water partition coefficient (Wildman–Crippen LogP) is 4.55. The minimum Gasteiger partial charge on any atom is -0.273 e. The lowest BCUT2D eigenvalue weighted by atomic mass is 10.1. The van der Waals surface area contributed by atoms with Crippen LogP contribution in [0.25, 0.3) is 6.08 Å². The molecule has 0 spiro atoms. The summed E-state index contributed by atoms with van der Waals surface area (Å²) in [6.07, 6.45) is 10.0. The highest BCUT2D eigenvalue weighted by Gasteiger charge is 1.98. The number of hydrogen-bond donors (Lipinski definition) is 1. The van der Waals surface area contributed by atoms with Gasteiger partial charge in [-0.1, -0.05) is 69.0 Å². The first-order valence-electron chi connectivity index (χ1n) is 7.77. The van der Waals surface area contributed by atoms with E-state index in [2.05, 4.69) is 17.5 Å². The lowest BCUT2D eigenvalue weighted by Crippen LogP contribution is -2.16. The molecule has 3 nitrogen and oxygen atoms in total. The highest BCUT2D eigenvalue weighted by Crippen LogP contribution is 2.05. The fraction of sp³-hybridized carbons (Fsp3) is 0.444. The molecular weight excluding hydrogens is 260 g/mol. The Balaban J connectivity index is 2.24. The second-order valence-corrected chi connectivity index (χ2v) is 5.26. The maximum atomic E-state index is 11.6. The van der Waals surface area contributed by atoms with Crippen molar-refractivity contribution in [1.29, 1.82) is 0 Å². The van der Waals surface area contributed by atoms with Crippen molar-refractivity contribution in [3.05, 3.63) is 41.5 Å². The molecule has 114 valence electrons. The van der Waals surface area contributed by atoms with Crippen LogP contribution in [0.5, 0.6) is 0 Å². The van der Waals surface area contributed by atoms with Crippen molar-refractivity contribution in [2.24, 2.45) is 5.10 Å². The van der Waals surface area contributed by atoms with E-state index in [1.807, 2.05) is 43.3 Å². The monoisotopic (exact) mass is 286 g/mol. The molecule has 21 heavy (non-hydrogen) atoms. The first-order valence-corrected chi connectivity index (χ1v) is 7.77. The number of hydrazone groups is 1. The van der Waals surface area contributed by atoms with Crippen molar-refractivity contribution in [2.45, 2.75) is 52.4 Å². The van der Waals surface area contributed by atoms with Crippen LogP contribution in [0.3, 0.4) is 0 Å². The summed E-state index contributed by atoms with van der Waals surface area (Å²) in [7, 11) is 0. The molecule has 0 aliphatic carbocycles. The molecule has 0 unspecified atom stereocenters. The van der Waals surface area contributed by atoms with E-state index in [1.165, 1.54) is 19.3 Å². The van der Waals surface area contributed by atoms with Gasteiger partial charge in [0.2, 0.25) is 5.91 Å². The summed E-state index contributed by atoms with van der Waals surface area (Å²) in [6, 6.07) is 10.0. The number of carbonyl (C=O) groups excluding carboxylic acids is 1. The normalized spacial score (nSPS) is 11.8. The van der Waals surface area contributed by atoms with Gasteiger partial charge in [-0.3, -0.25) is 4.79 Å². The second kappa shape index (κ2) is 10.8. The second-order valence-electron chi connectivity index (χ2n) is 5.26. The van der Waals surface area contributed by atoms with Gasteiger partial charge in [-0.15, -0.1) is 0 Å². The highest BCUT2D eigenvalue weighted by molar-refractivity contribution is 5.86. The van der Waals surface area contributed by atoms with Gasteiger partial charge in [0, 0.05) is 6.42 Å². The number of nitrogens with one attached hydrogen (secondary N) is 1. The van der Waals surface area contributed by atoms with Crippen molar-refractivity contribution in [3.8, 4) is 0 Å². The first kappa shape index (κ1) is 17.2. The number of nitrogens with zero attached hydrogens (tertiary/aromatic N) is 1. The third-order valence-electron chi connectivity index (χ3n) is 3.16. The van der Waals surface area contributed by atoms with Gasteiger partial charge >= 0.3 is 0 Å². The average molecular weight is 286 g/mol. The molecule has 1 N–H and O–H groups in total. The minimum absolute atomic E-state index is 0.00439. The lowest BCUT2D eigenvalue weighted by molar-refractivity contribution is -0.121. The summed E-state index contributed by atoms with van der Waals surface area (Å²) in [4.78, 5) is 11.6. The molecule has 0 atom stereocenters. The molecule has 0 aromatic heterocycles. The highest BCUT2D eigenvalue weighted by atomic mass is 16.2. The maximum absolute atomic E-state index is 11.6. The van der Waals surface area contributed by atoms with E-state index >= 15 is 0 Å². The molecule has 1 aromatic rings. The maximum Gasteiger partial charge on any atom is 0.240 e. The Labute approximate surface area is 128 Å². The molecule has 0 aliphatic rings. The minimum atomic E-state index is -0.00439. The van der Waals surface area contributed by atoms with Gasteiger partial charge in [-0.2, -0.15) is 5.10 Å². The number of unbranched alkanes of at least 4 members (excludes halogenated alkanes) is 4. The van der Waals surface area contributed by atoms with Crippen LogP contribution in [0.4, 0.5) is 0 Å². The first-order chi connectivity index (χ1) is 10.2. The summed E-state index contributed by atoms with van der Waals surface area (Å²) < 4.78 is 0. The van der Waals surface area contributed by atoms with Crippen LogP contribution < -0.4 is 5.43 Å². The van der Waals surface area contributed by atoms with Gasteiger partial charge < -0.3 is 0 Å². The Morgan fingerprint density at radius 3 is 2.57 bits per heavy atom. The van der Waals surface area contributed by atoms with Crippen molar-refractivity contribution in [1.82, 2.24) is 5.43 Å². The largest absolute Gasteiger partial charge is 0.273 e. The van der Waals surface area contributed by atoms with E-state index in [-0.39, 0.29) is 5.91 Å².